The molecule has 0 bridgehead atoms. The van der Waals surface area contributed by atoms with Crippen LogP contribution in [0.3, 0.4) is 0 Å². The molecule has 0 unspecified atom stereocenters. The molecule has 5 heteroatoms. The Morgan fingerprint density at radius 1 is 1.50 bits per heavy atom. The molecule has 0 radical (unpaired) electrons. The Kier molecular flexibility index (Phi) is 5.97. The SMILES string of the molecule is CC(C)CCOCCn1ncc(I)cc1=O. The average Bonchev–Trinajstić information content (AvgIpc) is 2.20. The minimum Gasteiger partial charge on any atom is -0.380 e. The van der Waals surface area contributed by atoms with E-state index in [1.807, 2.05) is 0 Å². The van der Waals surface area contributed by atoms with Crippen molar-refractivity contribution < 1.29 is 4.74 Å². The van der Waals surface area contributed by atoms with Gasteiger partial charge in [-0.3, -0.25) is 4.79 Å². The first-order chi connectivity index (χ1) is 7.59. The van der Waals surface area contributed by atoms with Crippen LogP contribution in [0.2, 0.25) is 0 Å². The van der Waals surface area contributed by atoms with Crippen molar-refractivity contribution in [3.63, 3.8) is 0 Å². The highest BCUT2D eigenvalue weighted by atomic mass is 127. The maximum atomic E-state index is 11.5. The predicted octanol–water partition coefficient (Wildman–Crippen LogP) is 1.91. The van der Waals surface area contributed by atoms with Crippen molar-refractivity contribution in [1.82, 2.24) is 9.78 Å². The van der Waals surface area contributed by atoms with E-state index in [1.165, 1.54) is 4.68 Å². The summed E-state index contributed by atoms with van der Waals surface area (Å²) in [5.74, 6) is 0.652. The molecule has 0 fully saturated rings. The lowest BCUT2D eigenvalue weighted by Gasteiger charge is -2.07. The summed E-state index contributed by atoms with van der Waals surface area (Å²) < 4.78 is 7.72. The van der Waals surface area contributed by atoms with E-state index in [2.05, 4.69) is 41.5 Å². The van der Waals surface area contributed by atoms with Crippen LogP contribution < -0.4 is 5.56 Å². The molecule has 16 heavy (non-hydrogen) atoms. The van der Waals surface area contributed by atoms with Crippen LogP contribution in [0.25, 0.3) is 0 Å². The third-order valence-corrected chi connectivity index (χ3v) is 2.71. The van der Waals surface area contributed by atoms with Crippen molar-refractivity contribution in [2.75, 3.05) is 13.2 Å². The summed E-state index contributed by atoms with van der Waals surface area (Å²) in [6.07, 6.45) is 2.73. The lowest BCUT2D eigenvalue weighted by molar-refractivity contribution is 0.113. The summed E-state index contributed by atoms with van der Waals surface area (Å²) in [5.41, 5.74) is -0.0700. The molecule has 0 saturated heterocycles. The molecule has 0 saturated carbocycles. The molecule has 1 rings (SSSR count). The molecule has 0 aliphatic carbocycles. The molecule has 0 aromatic carbocycles. The summed E-state index contributed by atoms with van der Waals surface area (Å²) in [4.78, 5) is 11.5. The zero-order valence-electron chi connectivity index (χ0n) is 9.65. The first-order valence-corrected chi connectivity index (χ1v) is 6.48. The maximum Gasteiger partial charge on any atom is 0.267 e. The minimum absolute atomic E-state index is 0.0700. The number of aromatic nitrogens is 2. The summed E-state index contributed by atoms with van der Waals surface area (Å²) in [7, 11) is 0. The molecule has 0 aliphatic rings. The van der Waals surface area contributed by atoms with Gasteiger partial charge in [0.05, 0.1) is 19.3 Å². The molecule has 0 spiro atoms. The van der Waals surface area contributed by atoms with Gasteiger partial charge in [-0.15, -0.1) is 0 Å². The van der Waals surface area contributed by atoms with E-state index < -0.39 is 0 Å². The lowest BCUT2D eigenvalue weighted by atomic mass is 10.1. The molecule has 0 aliphatic heterocycles. The average molecular weight is 336 g/mol. The number of hydrogen-bond acceptors (Lipinski definition) is 3. The normalized spacial score (nSPS) is 11.0. The number of halogens is 1. The van der Waals surface area contributed by atoms with Crippen LogP contribution in [0.5, 0.6) is 0 Å². The Hall–Kier alpha value is -0.430. The van der Waals surface area contributed by atoms with E-state index >= 15 is 0 Å². The van der Waals surface area contributed by atoms with Gasteiger partial charge >= 0.3 is 0 Å². The maximum absolute atomic E-state index is 11.5. The standard InChI is InChI=1S/C11H17IN2O2/c1-9(2)3-5-16-6-4-14-11(15)7-10(12)8-13-14/h7-9H,3-6H2,1-2H3. The molecular weight excluding hydrogens is 319 g/mol. The van der Waals surface area contributed by atoms with Gasteiger partial charge in [0.15, 0.2) is 0 Å². The largest absolute Gasteiger partial charge is 0.380 e. The van der Waals surface area contributed by atoms with Crippen LogP contribution in [-0.4, -0.2) is 23.0 Å². The van der Waals surface area contributed by atoms with Crippen LogP contribution in [-0.2, 0) is 11.3 Å². The van der Waals surface area contributed by atoms with Gasteiger partial charge in [0.1, 0.15) is 0 Å². The second-order valence-corrected chi connectivity index (χ2v) is 5.28. The third-order valence-electron chi connectivity index (χ3n) is 2.12. The van der Waals surface area contributed by atoms with E-state index in [0.29, 0.717) is 19.1 Å². The van der Waals surface area contributed by atoms with E-state index in [9.17, 15) is 4.79 Å². The summed E-state index contributed by atoms with van der Waals surface area (Å²) in [6.45, 7) is 6.13. The van der Waals surface area contributed by atoms with Crippen molar-refractivity contribution in [3.8, 4) is 0 Å². The second-order valence-electron chi connectivity index (χ2n) is 4.03. The van der Waals surface area contributed by atoms with Crippen LogP contribution in [0.4, 0.5) is 0 Å². The zero-order chi connectivity index (χ0) is 12.0. The van der Waals surface area contributed by atoms with Gasteiger partial charge in [-0.1, -0.05) is 13.8 Å². The van der Waals surface area contributed by atoms with Gasteiger partial charge in [-0.2, -0.15) is 5.10 Å². The van der Waals surface area contributed by atoms with Crippen LogP contribution in [0.15, 0.2) is 17.1 Å². The van der Waals surface area contributed by atoms with E-state index in [-0.39, 0.29) is 5.56 Å². The molecule has 1 aromatic rings. The van der Waals surface area contributed by atoms with Gasteiger partial charge in [0, 0.05) is 16.2 Å². The fourth-order valence-corrected chi connectivity index (χ4v) is 1.54. The molecule has 0 atom stereocenters. The van der Waals surface area contributed by atoms with Gasteiger partial charge in [-0.05, 0) is 34.9 Å². The molecule has 1 aromatic heterocycles. The Balaban J connectivity index is 2.30. The zero-order valence-corrected chi connectivity index (χ0v) is 11.8. The minimum atomic E-state index is -0.0700. The quantitative estimate of drug-likeness (QED) is 0.589. The monoisotopic (exact) mass is 336 g/mol. The Labute approximate surface area is 109 Å². The number of nitrogens with zero attached hydrogens (tertiary/aromatic N) is 2. The second kappa shape index (κ2) is 7.01. The molecule has 90 valence electrons. The molecule has 4 nitrogen and oxygen atoms in total. The number of hydrogen-bond donors (Lipinski definition) is 0. The number of ether oxygens (including phenoxy) is 1. The van der Waals surface area contributed by atoms with Crippen LogP contribution in [0.1, 0.15) is 20.3 Å². The van der Waals surface area contributed by atoms with Crippen molar-refractivity contribution in [1.29, 1.82) is 0 Å². The fourth-order valence-electron chi connectivity index (χ4n) is 1.15. The molecule has 0 amide bonds. The van der Waals surface area contributed by atoms with Crippen molar-refractivity contribution in [3.05, 3.63) is 26.2 Å². The lowest BCUT2D eigenvalue weighted by Crippen LogP contribution is -2.24. The Morgan fingerprint density at radius 2 is 2.25 bits per heavy atom. The smallest absolute Gasteiger partial charge is 0.267 e. The highest BCUT2D eigenvalue weighted by molar-refractivity contribution is 14.1. The number of rotatable bonds is 6. The van der Waals surface area contributed by atoms with E-state index in [0.717, 1.165) is 16.6 Å². The van der Waals surface area contributed by atoms with E-state index in [1.54, 1.807) is 12.3 Å². The molecular formula is C11H17IN2O2. The van der Waals surface area contributed by atoms with Gasteiger partial charge in [0.25, 0.3) is 5.56 Å². The highest BCUT2D eigenvalue weighted by Gasteiger charge is 1.98. The van der Waals surface area contributed by atoms with Crippen molar-refractivity contribution in [2.24, 2.45) is 5.92 Å². The van der Waals surface area contributed by atoms with E-state index in [4.69, 9.17) is 4.74 Å². The van der Waals surface area contributed by atoms with Crippen molar-refractivity contribution in [2.45, 2.75) is 26.8 Å². The summed E-state index contributed by atoms with van der Waals surface area (Å²) >= 11 is 2.07. The predicted molar refractivity (Wildman–Crippen MR) is 71.5 cm³/mol. The van der Waals surface area contributed by atoms with Crippen molar-refractivity contribution >= 4 is 22.6 Å². The summed E-state index contributed by atoms with van der Waals surface area (Å²) in [5, 5.41) is 4.03. The van der Waals surface area contributed by atoms with Crippen LogP contribution in [0, 0.1) is 9.49 Å². The topological polar surface area (TPSA) is 44.1 Å². The van der Waals surface area contributed by atoms with Crippen LogP contribution >= 0.6 is 22.6 Å². The van der Waals surface area contributed by atoms with Gasteiger partial charge in [0.2, 0.25) is 0 Å². The van der Waals surface area contributed by atoms with Gasteiger partial charge < -0.3 is 4.74 Å². The van der Waals surface area contributed by atoms with Gasteiger partial charge in [-0.25, -0.2) is 4.68 Å². The third kappa shape index (κ3) is 5.07. The molecule has 1 heterocycles. The fraction of sp³-hybridized carbons (Fsp3) is 0.636. The Morgan fingerprint density at radius 3 is 2.88 bits per heavy atom. The summed E-state index contributed by atoms with van der Waals surface area (Å²) in [6, 6.07) is 1.57. The Bertz CT molecular complexity index is 376. The first kappa shape index (κ1) is 13.6. The first-order valence-electron chi connectivity index (χ1n) is 5.40. The molecule has 0 N–H and O–H groups in total. The highest BCUT2D eigenvalue weighted by Crippen LogP contribution is 1.99.